The van der Waals surface area contributed by atoms with Gasteiger partial charge in [0.05, 0.1) is 5.52 Å². The van der Waals surface area contributed by atoms with E-state index in [4.69, 9.17) is 0 Å². The SMILES string of the molecule is Cc1cc2c3n(c(=O)nc2c2ccccc12)CC(=O)N3. The van der Waals surface area contributed by atoms with Gasteiger partial charge >= 0.3 is 5.69 Å². The first-order valence-corrected chi connectivity index (χ1v) is 6.38. The summed E-state index contributed by atoms with van der Waals surface area (Å²) in [6.45, 7) is 2.06. The maximum Gasteiger partial charge on any atom is 0.350 e. The van der Waals surface area contributed by atoms with Gasteiger partial charge in [0.25, 0.3) is 0 Å². The maximum atomic E-state index is 12.1. The van der Waals surface area contributed by atoms with Gasteiger partial charge in [0.15, 0.2) is 0 Å². The second-order valence-corrected chi connectivity index (χ2v) is 5.01. The van der Waals surface area contributed by atoms with Crippen molar-refractivity contribution in [3.8, 4) is 0 Å². The van der Waals surface area contributed by atoms with Crippen LogP contribution in [0.5, 0.6) is 0 Å². The zero-order valence-corrected chi connectivity index (χ0v) is 10.8. The molecule has 0 aliphatic carbocycles. The van der Waals surface area contributed by atoms with E-state index in [1.54, 1.807) is 0 Å². The predicted octanol–water partition coefficient (Wildman–Crippen LogP) is 1.81. The van der Waals surface area contributed by atoms with Crippen LogP contribution in [0.4, 0.5) is 5.82 Å². The molecule has 1 aromatic heterocycles. The molecule has 1 amide bonds. The molecule has 2 aromatic carbocycles. The van der Waals surface area contributed by atoms with Crippen LogP contribution in [0.15, 0.2) is 35.1 Å². The minimum Gasteiger partial charge on any atom is -0.310 e. The molecule has 0 unspecified atom stereocenters. The molecular weight excluding hydrogens is 254 g/mol. The maximum absolute atomic E-state index is 12.1. The molecule has 3 aromatic rings. The van der Waals surface area contributed by atoms with Crippen molar-refractivity contribution in [1.29, 1.82) is 0 Å². The molecule has 0 radical (unpaired) electrons. The van der Waals surface area contributed by atoms with Crippen molar-refractivity contribution in [3.63, 3.8) is 0 Å². The number of carbonyl (C=O) groups is 1. The fourth-order valence-corrected chi connectivity index (χ4v) is 2.84. The van der Waals surface area contributed by atoms with Crippen molar-refractivity contribution >= 4 is 33.4 Å². The lowest BCUT2D eigenvalue weighted by molar-refractivity contribution is -0.115. The van der Waals surface area contributed by atoms with Gasteiger partial charge in [0.1, 0.15) is 12.4 Å². The van der Waals surface area contributed by atoms with Crippen LogP contribution in [0.25, 0.3) is 21.7 Å². The minimum atomic E-state index is -0.389. The quantitative estimate of drug-likeness (QED) is 0.630. The van der Waals surface area contributed by atoms with Crippen LogP contribution >= 0.6 is 0 Å². The van der Waals surface area contributed by atoms with E-state index < -0.39 is 0 Å². The van der Waals surface area contributed by atoms with E-state index in [9.17, 15) is 9.59 Å². The molecule has 0 bridgehead atoms. The Hall–Kier alpha value is -2.69. The van der Waals surface area contributed by atoms with E-state index in [0.717, 1.165) is 21.7 Å². The highest BCUT2D eigenvalue weighted by Gasteiger charge is 2.23. The van der Waals surface area contributed by atoms with Crippen LogP contribution in [0, 0.1) is 6.92 Å². The normalized spacial score (nSPS) is 13.8. The van der Waals surface area contributed by atoms with Crippen LogP contribution in [0.1, 0.15) is 5.56 Å². The first-order valence-electron chi connectivity index (χ1n) is 6.38. The molecule has 1 aliphatic rings. The van der Waals surface area contributed by atoms with Crippen LogP contribution in [-0.4, -0.2) is 15.5 Å². The third-order valence-electron chi connectivity index (χ3n) is 3.75. The van der Waals surface area contributed by atoms with Crippen molar-refractivity contribution in [2.75, 3.05) is 5.32 Å². The second-order valence-electron chi connectivity index (χ2n) is 5.01. The van der Waals surface area contributed by atoms with Crippen LogP contribution in [0.2, 0.25) is 0 Å². The second kappa shape index (κ2) is 3.66. The molecule has 0 saturated carbocycles. The highest BCUT2D eigenvalue weighted by Crippen LogP contribution is 2.31. The molecule has 0 atom stereocenters. The molecule has 1 aliphatic heterocycles. The number of rotatable bonds is 0. The summed E-state index contributed by atoms with van der Waals surface area (Å²) in [7, 11) is 0. The zero-order chi connectivity index (χ0) is 13.9. The summed E-state index contributed by atoms with van der Waals surface area (Å²) in [6.07, 6.45) is 0. The molecule has 4 rings (SSSR count). The van der Waals surface area contributed by atoms with E-state index in [1.807, 2.05) is 37.3 Å². The van der Waals surface area contributed by atoms with Gasteiger partial charge in [-0.25, -0.2) is 4.79 Å². The van der Waals surface area contributed by atoms with Gasteiger partial charge in [0, 0.05) is 10.8 Å². The monoisotopic (exact) mass is 265 g/mol. The number of anilines is 1. The van der Waals surface area contributed by atoms with E-state index in [1.165, 1.54) is 4.57 Å². The Balaban J connectivity index is 2.27. The number of aryl methyl sites for hydroxylation is 1. The van der Waals surface area contributed by atoms with Crippen molar-refractivity contribution < 1.29 is 4.79 Å². The van der Waals surface area contributed by atoms with Crippen molar-refractivity contribution in [2.24, 2.45) is 0 Å². The number of nitrogens with zero attached hydrogens (tertiary/aromatic N) is 2. The summed E-state index contributed by atoms with van der Waals surface area (Å²) in [4.78, 5) is 27.8. The number of carbonyl (C=O) groups excluding carboxylic acids is 1. The molecule has 1 N–H and O–H groups in total. The Morgan fingerprint density at radius 1 is 1.15 bits per heavy atom. The van der Waals surface area contributed by atoms with Gasteiger partial charge in [-0.3, -0.25) is 9.36 Å². The molecule has 0 saturated heterocycles. The van der Waals surface area contributed by atoms with Gasteiger partial charge in [-0.1, -0.05) is 24.3 Å². The topological polar surface area (TPSA) is 64.0 Å². The smallest absolute Gasteiger partial charge is 0.310 e. The Bertz CT molecular complexity index is 957. The van der Waals surface area contributed by atoms with Crippen LogP contribution in [0.3, 0.4) is 0 Å². The summed E-state index contributed by atoms with van der Waals surface area (Å²) in [6, 6.07) is 9.82. The molecule has 20 heavy (non-hydrogen) atoms. The fraction of sp³-hybridized carbons (Fsp3) is 0.133. The lowest BCUT2D eigenvalue weighted by atomic mass is 10.0. The van der Waals surface area contributed by atoms with Crippen molar-refractivity contribution in [3.05, 3.63) is 46.4 Å². The fourth-order valence-electron chi connectivity index (χ4n) is 2.84. The van der Waals surface area contributed by atoms with Gasteiger partial charge in [-0.15, -0.1) is 0 Å². The van der Waals surface area contributed by atoms with E-state index >= 15 is 0 Å². The Morgan fingerprint density at radius 2 is 1.90 bits per heavy atom. The number of amides is 1. The molecular formula is C15H11N3O2. The molecule has 5 nitrogen and oxygen atoms in total. The summed E-state index contributed by atoms with van der Waals surface area (Å²) in [5, 5.41) is 5.57. The Morgan fingerprint density at radius 3 is 2.70 bits per heavy atom. The Labute approximate surface area is 113 Å². The van der Waals surface area contributed by atoms with Gasteiger partial charge < -0.3 is 5.32 Å². The molecule has 5 heteroatoms. The number of benzene rings is 2. The predicted molar refractivity (Wildman–Crippen MR) is 76.9 cm³/mol. The Kier molecular flexibility index (Phi) is 2.04. The summed E-state index contributed by atoms with van der Waals surface area (Å²) >= 11 is 0. The third kappa shape index (κ3) is 1.34. The largest absolute Gasteiger partial charge is 0.350 e. The standard InChI is InChI=1S/C15H11N3O2/c1-8-6-11-13(10-5-3-2-4-9(8)10)17-15(20)18-7-12(19)16-14(11)18/h2-6H,7H2,1H3,(H,16,19). The minimum absolute atomic E-state index is 0.0446. The van der Waals surface area contributed by atoms with E-state index in [2.05, 4.69) is 10.3 Å². The van der Waals surface area contributed by atoms with Gasteiger partial charge in [-0.05, 0) is 23.9 Å². The highest BCUT2D eigenvalue weighted by molar-refractivity contribution is 6.12. The average Bonchev–Trinajstić information content (AvgIpc) is 2.84. The molecule has 0 fully saturated rings. The van der Waals surface area contributed by atoms with Gasteiger partial charge in [-0.2, -0.15) is 4.98 Å². The lowest BCUT2D eigenvalue weighted by Crippen LogP contribution is -2.21. The number of nitrogens with one attached hydrogen (secondary N) is 1. The summed E-state index contributed by atoms with van der Waals surface area (Å²) in [5.41, 5.74) is 1.35. The average molecular weight is 265 g/mol. The molecule has 2 heterocycles. The van der Waals surface area contributed by atoms with E-state index in [0.29, 0.717) is 11.3 Å². The van der Waals surface area contributed by atoms with Crippen LogP contribution < -0.4 is 11.0 Å². The van der Waals surface area contributed by atoms with E-state index in [-0.39, 0.29) is 18.1 Å². The van der Waals surface area contributed by atoms with Crippen LogP contribution in [-0.2, 0) is 11.3 Å². The number of hydrogen-bond acceptors (Lipinski definition) is 3. The summed E-state index contributed by atoms with van der Waals surface area (Å²) < 4.78 is 1.39. The van der Waals surface area contributed by atoms with Crippen molar-refractivity contribution in [1.82, 2.24) is 9.55 Å². The van der Waals surface area contributed by atoms with Crippen molar-refractivity contribution in [2.45, 2.75) is 13.5 Å². The highest BCUT2D eigenvalue weighted by atomic mass is 16.2. The number of aromatic nitrogens is 2. The molecule has 0 spiro atoms. The first-order chi connectivity index (χ1) is 9.65. The summed E-state index contributed by atoms with van der Waals surface area (Å²) in [5.74, 6) is 0.376. The number of fused-ring (bicyclic) bond motifs is 5. The van der Waals surface area contributed by atoms with Gasteiger partial charge in [0.2, 0.25) is 5.91 Å². The lowest BCUT2D eigenvalue weighted by Gasteiger charge is -2.10. The zero-order valence-electron chi connectivity index (χ0n) is 10.8. The molecule has 98 valence electrons. The third-order valence-corrected chi connectivity index (χ3v) is 3.75. The number of hydrogen-bond donors (Lipinski definition) is 1. The first kappa shape index (κ1) is 11.2.